The van der Waals surface area contributed by atoms with Crippen LogP contribution in [0, 0.1) is 13.8 Å². The van der Waals surface area contributed by atoms with Crippen LogP contribution in [0.3, 0.4) is 0 Å². The van der Waals surface area contributed by atoms with Gasteiger partial charge in [0.15, 0.2) is 11.5 Å². The van der Waals surface area contributed by atoms with Gasteiger partial charge in [0, 0.05) is 5.02 Å². The van der Waals surface area contributed by atoms with Gasteiger partial charge in [-0.05, 0) is 49.2 Å². The first-order valence-corrected chi connectivity index (χ1v) is 7.97. The summed E-state index contributed by atoms with van der Waals surface area (Å²) in [5.74, 6) is 0.501. The molecule has 0 spiro atoms. The summed E-state index contributed by atoms with van der Waals surface area (Å²) in [6.45, 7) is 3.56. The van der Waals surface area contributed by atoms with Crippen LogP contribution in [0.1, 0.15) is 11.1 Å². The van der Waals surface area contributed by atoms with Crippen molar-refractivity contribution in [1.82, 2.24) is 0 Å². The van der Waals surface area contributed by atoms with Crippen molar-refractivity contribution in [2.75, 3.05) is 7.11 Å². The molecule has 0 aliphatic carbocycles. The van der Waals surface area contributed by atoms with Crippen molar-refractivity contribution in [3.05, 3.63) is 52.5 Å². The number of benzene rings is 2. The van der Waals surface area contributed by atoms with E-state index in [1.807, 2.05) is 6.92 Å². The van der Waals surface area contributed by atoms with Crippen LogP contribution >= 0.6 is 11.6 Å². The highest BCUT2D eigenvalue weighted by atomic mass is 35.5. The number of rotatable bonds is 4. The van der Waals surface area contributed by atoms with Gasteiger partial charge in [0.2, 0.25) is 0 Å². The number of methoxy groups -OCH3 is 1. The van der Waals surface area contributed by atoms with Gasteiger partial charge in [-0.2, -0.15) is 8.42 Å². The van der Waals surface area contributed by atoms with Crippen LogP contribution in [-0.2, 0) is 10.1 Å². The molecule has 0 saturated carbocycles. The van der Waals surface area contributed by atoms with Gasteiger partial charge in [-0.25, -0.2) is 0 Å². The van der Waals surface area contributed by atoms with Gasteiger partial charge in [0.05, 0.1) is 7.11 Å². The zero-order valence-corrected chi connectivity index (χ0v) is 13.5. The number of hydrogen-bond acceptors (Lipinski definition) is 4. The summed E-state index contributed by atoms with van der Waals surface area (Å²) in [6.07, 6.45) is 0. The van der Waals surface area contributed by atoms with Crippen molar-refractivity contribution in [2.24, 2.45) is 0 Å². The smallest absolute Gasteiger partial charge is 0.339 e. The summed E-state index contributed by atoms with van der Waals surface area (Å²) >= 11 is 5.86. The average Bonchev–Trinajstić information content (AvgIpc) is 2.43. The Morgan fingerprint density at radius 3 is 2.38 bits per heavy atom. The SMILES string of the molecule is COc1cc(C)ccc1OS(=O)(=O)c1cc(Cl)ccc1C. The Bertz CT molecular complexity index is 769. The molecule has 0 saturated heterocycles. The predicted octanol–water partition coefficient (Wildman–Crippen LogP) is 3.73. The average molecular weight is 327 g/mol. The lowest BCUT2D eigenvalue weighted by Crippen LogP contribution is -2.12. The van der Waals surface area contributed by atoms with Gasteiger partial charge < -0.3 is 8.92 Å². The molecule has 2 aromatic rings. The van der Waals surface area contributed by atoms with E-state index in [4.69, 9.17) is 20.5 Å². The molecule has 2 rings (SSSR count). The Labute approximate surface area is 129 Å². The molecule has 0 N–H and O–H groups in total. The van der Waals surface area contributed by atoms with Gasteiger partial charge in [-0.1, -0.05) is 23.7 Å². The summed E-state index contributed by atoms with van der Waals surface area (Å²) in [7, 11) is -2.52. The molecule has 21 heavy (non-hydrogen) atoms. The maximum absolute atomic E-state index is 12.4. The molecule has 4 nitrogen and oxygen atoms in total. The molecule has 0 bridgehead atoms. The van der Waals surface area contributed by atoms with Gasteiger partial charge in [0.1, 0.15) is 4.90 Å². The quantitative estimate of drug-likeness (QED) is 0.803. The minimum atomic E-state index is -3.98. The van der Waals surface area contributed by atoms with E-state index in [-0.39, 0.29) is 10.6 Å². The first kappa shape index (κ1) is 15.7. The Balaban J connectivity index is 2.45. The molecule has 0 radical (unpaired) electrons. The molecule has 0 atom stereocenters. The molecule has 0 aliphatic rings. The van der Waals surface area contributed by atoms with E-state index in [1.54, 1.807) is 37.3 Å². The molecule has 0 heterocycles. The lowest BCUT2D eigenvalue weighted by atomic mass is 10.2. The van der Waals surface area contributed by atoms with E-state index in [2.05, 4.69) is 0 Å². The highest BCUT2D eigenvalue weighted by molar-refractivity contribution is 7.87. The minimum Gasteiger partial charge on any atom is -0.493 e. The second-order valence-electron chi connectivity index (χ2n) is 4.60. The summed E-state index contributed by atoms with van der Waals surface area (Å²) < 4.78 is 35.1. The standard InChI is InChI=1S/C15H15ClO4S/c1-10-4-7-13(14(8-10)19-3)20-21(17,18)15-9-12(16)6-5-11(15)2/h4-9H,1-3H3. The van der Waals surface area contributed by atoms with Gasteiger partial charge in [0.25, 0.3) is 0 Å². The molecular weight excluding hydrogens is 312 g/mol. The fourth-order valence-corrected chi connectivity index (χ4v) is 3.28. The van der Waals surface area contributed by atoms with Crippen LogP contribution in [-0.4, -0.2) is 15.5 Å². The molecule has 0 amide bonds. The van der Waals surface area contributed by atoms with Gasteiger partial charge in [-0.15, -0.1) is 0 Å². The minimum absolute atomic E-state index is 0.0395. The zero-order chi connectivity index (χ0) is 15.6. The van der Waals surface area contributed by atoms with Crippen molar-refractivity contribution in [1.29, 1.82) is 0 Å². The van der Waals surface area contributed by atoms with E-state index in [9.17, 15) is 8.42 Å². The van der Waals surface area contributed by atoms with Crippen LogP contribution < -0.4 is 8.92 Å². The third kappa shape index (κ3) is 3.49. The number of hydrogen-bond donors (Lipinski definition) is 0. The molecule has 0 aromatic heterocycles. The van der Waals surface area contributed by atoms with Gasteiger partial charge in [-0.3, -0.25) is 0 Å². The van der Waals surface area contributed by atoms with Crippen LogP contribution in [0.15, 0.2) is 41.3 Å². The van der Waals surface area contributed by atoms with E-state index >= 15 is 0 Å². The lowest BCUT2D eigenvalue weighted by molar-refractivity contribution is 0.390. The second-order valence-corrected chi connectivity index (χ2v) is 6.55. The van der Waals surface area contributed by atoms with E-state index < -0.39 is 10.1 Å². The number of halogens is 1. The highest BCUT2D eigenvalue weighted by Gasteiger charge is 2.21. The Morgan fingerprint density at radius 2 is 1.71 bits per heavy atom. The maximum Gasteiger partial charge on any atom is 0.339 e. The largest absolute Gasteiger partial charge is 0.493 e. The Morgan fingerprint density at radius 1 is 1.00 bits per heavy atom. The topological polar surface area (TPSA) is 52.6 Å². The fraction of sp³-hybridized carbons (Fsp3) is 0.200. The summed E-state index contributed by atoms with van der Waals surface area (Å²) in [6, 6.07) is 9.64. The number of ether oxygens (including phenoxy) is 1. The molecule has 2 aromatic carbocycles. The molecule has 0 aliphatic heterocycles. The maximum atomic E-state index is 12.4. The molecule has 0 unspecified atom stereocenters. The first-order valence-electron chi connectivity index (χ1n) is 6.19. The van der Waals surface area contributed by atoms with Crippen LogP contribution in [0.25, 0.3) is 0 Å². The zero-order valence-electron chi connectivity index (χ0n) is 11.9. The van der Waals surface area contributed by atoms with Crippen LogP contribution in [0.5, 0.6) is 11.5 Å². The normalized spacial score (nSPS) is 11.2. The molecule has 112 valence electrons. The third-order valence-electron chi connectivity index (χ3n) is 2.94. The Hall–Kier alpha value is -1.72. The first-order chi connectivity index (χ1) is 9.83. The van der Waals surface area contributed by atoms with E-state index in [1.165, 1.54) is 13.2 Å². The summed E-state index contributed by atoms with van der Waals surface area (Å²) in [4.78, 5) is 0.0395. The third-order valence-corrected chi connectivity index (χ3v) is 4.55. The fourth-order valence-electron chi connectivity index (χ4n) is 1.85. The van der Waals surface area contributed by atoms with E-state index in [0.29, 0.717) is 16.3 Å². The van der Waals surface area contributed by atoms with Crippen molar-refractivity contribution in [2.45, 2.75) is 18.7 Å². The van der Waals surface area contributed by atoms with Crippen molar-refractivity contribution in [3.63, 3.8) is 0 Å². The molecule has 6 heteroatoms. The van der Waals surface area contributed by atoms with Crippen molar-refractivity contribution < 1.29 is 17.3 Å². The Kier molecular flexibility index (Phi) is 4.44. The highest BCUT2D eigenvalue weighted by Crippen LogP contribution is 2.31. The molecule has 0 fully saturated rings. The van der Waals surface area contributed by atoms with E-state index in [0.717, 1.165) is 5.56 Å². The van der Waals surface area contributed by atoms with Crippen molar-refractivity contribution in [3.8, 4) is 11.5 Å². The lowest BCUT2D eigenvalue weighted by Gasteiger charge is -2.12. The monoisotopic (exact) mass is 326 g/mol. The van der Waals surface area contributed by atoms with Crippen LogP contribution in [0.2, 0.25) is 5.02 Å². The summed E-state index contributed by atoms with van der Waals surface area (Å²) in [5, 5.41) is 0.332. The van der Waals surface area contributed by atoms with Gasteiger partial charge >= 0.3 is 10.1 Å². The molecular formula is C15H15ClO4S. The summed E-state index contributed by atoms with van der Waals surface area (Å²) in [5.41, 5.74) is 1.50. The second kappa shape index (κ2) is 5.95. The number of aryl methyl sites for hydroxylation is 2. The van der Waals surface area contributed by atoms with Crippen LogP contribution in [0.4, 0.5) is 0 Å². The van der Waals surface area contributed by atoms with Crippen molar-refractivity contribution >= 4 is 21.7 Å². The predicted molar refractivity (Wildman–Crippen MR) is 81.7 cm³/mol.